The van der Waals surface area contributed by atoms with Crippen molar-refractivity contribution >= 4 is 17.3 Å². The third kappa shape index (κ3) is 2.47. The summed E-state index contributed by atoms with van der Waals surface area (Å²) >= 11 is 5.92. The van der Waals surface area contributed by atoms with Crippen LogP contribution in [-0.2, 0) is 6.54 Å². The fraction of sp³-hybridized carbons (Fsp3) is 0.200. The van der Waals surface area contributed by atoms with Gasteiger partial charge in [-0.25, -0.2) is 0 Å². The van der Waals surface area contributed by atoms with Gasteiger partial charge >= 0.3 is 0 Å². The molecule has 15 heavy (non-hydrogen) atoms. The Morgan fingerprint density at radius 1 is 1.53 bits per heavy atom. The lowest BCUT2D eigenvalue weighted by Crippen LogP contribution is -1.98. The minimum Gasteiger partial charge on any atom is -0.376 e. The summed E-state index contributed by atoms with van der Waals surface area (Å²) < 4.78 is 5.05. The van der Waals surface area contributed by atoms with Gasteiger partial charge in [-0.2, -0.15) is 0 Å². The highest BCUT2D eigenvalue weighted by atomic mass is 35.5. The predicted molar refractivity (Wildman–Crippen MR) is 57.8 cm³/mol. The van der Waals surface area contributed by atoms with Gasteiger partial charge in [0.05, 0.1) is 22.9 Å². The number of hydrogen-bond acceptors (Lipinski definition) is 4. The third-order valence-electron chi connectivity index (χ3n) is 1.90. The van der Waals surface area contributed by atoms with E-state index in [0.717, 1.165) is 17.1 Å². The Kier molecular flexibility index (Phi) is 2.87. The molecule has 2 aromatic heterocycles. The summed E-state index contributed by atoms with van der Waals surface area (Å²) in [6.07, 6.45) is 3.27. The number of hydrogen-bond donors (Lipinski definition) is 1. The molecule has 78 valence electrons. The van der Waals surface area contributed by atoms with Crippen LogP contribution in [0.15, 0.2) is 29.0 Å². The van der Waals surface area contributed by atoms with E-state index in [0.29, 0.717) is 11.6 Å². The molecule has 0 aliphatic carbocycles. The lowest BCUT2D eigenvalue weighted by Gasteiger charge is -2.04. The van der Waals surface area contributed by atoms with Crippen LogP contribution in [0.5, 0.6) is 0 Å². The molecule has 0 aliphatic heterocycles. The molecule has 0 amide bonds. The number of aryl methyl sites for hydroxylation is 1. The Hall–Kier alpha value is -1.55. The second-order valence-corrected chi connectivity index (χ2v) is 3.55. The van der Waals surface area contributed by atoms with Crippen molar-refractivity contribution in [1.82, 2.24) is 10.1 Å². The fourth-order valence-electron chi connectivity index (χ4n) is 1.20. The fourth-order valence-corrected chi connectivity index (χ4v) is 1.39. The predicted octanol–water partition coefficient (Wildman–Crippen LogP) is 2.64. The van der Waals surface area contributed by atoms with Gasteiger partial charge in [-0.1, -0.05) is 16.8 Å². The lowest BCUT2D eigenvalue weighted by molar-refractivity contribution is 0.384. The van der Waals surface area contributed by atoms with E-state index in [1.807, 2.05) is 19.1 Å². The monoisotopic (exact) mass is 223 g/mol. The smallest absolute Gasteiger partial charge is 0.156 e. The topological polar surface area (TPSA) is 51.0 Å². The molecular weight excluding hydrogens is 214 g/mol. The highest BCUT2D eigenvalue weighted by Crippen LogP contribution is 2.19. The molecule has 0 aliphatic rings. The maximum Gasteiger partial charge on any atom is 0.156 e. The Bertz CT molecular complexity index is 455. The summed E-state index contributed by atoms with van der Waals surface area (Å²) in [6.45, 7) is 2.44. The highest BCUT2D eigenvalue weighted by Gasteiger charge is 2.02. The molecule has 0 unspecified atom stereocenters. The van der Waals surface area contributed by atoms with Crippen molar-refractivity contribution in [1.29, 1.82) is 0 Å². The second-order valence-electron chi connectivity index (χ2n) is 3.14. The van der Waals surface area contributed by atoms with Crippen molar-refractivity contribution in [3.8, 4) is 0 Å². The van der Waals surface area contributed by atoms with Crippen LogP contribution in [-0.4, -0.2) is 10.1 Å². The van der Waals surface area contributed by atoms with Crippen LogP contribution in [0.4, 0.5) is 5.69 Å². The Labute approximate surface area is 92.3 Å². The highest BCUT2D eigenvalue weighted by molar-refractivity contribution is 6.33. The molecule has 1 N–H and O–H groups in total. The van der Waals surface area contributed by atoms with Crippen LogP contribution < -0.4 is 5.32 Å². The molecular formula is C10H10ClN3O. The van der Waals surface area contributed by atoms with Gasteiger partial charge in [-0.3, -0.25) is 4.98 Å². The first kappa shape index (κ1) is 9.98. The Balaban J connectivity index is 2.02. The Morgan fingerprint density at radius 3 is 3.07 bits per heavy atom. The van der Waals surface area contributed by atoms with Crippen molar-refractivity contribution in [2.24, 2.45) is 0 Å². The zero-order valence-corrected chi connectivity index (χ0v) is 8.95. The van der Waals surface area contributed by atoms with E-state index in [2.05, 4.69) is 15.5 Å². The van der Waals surface area contributed by atoms with E-state index in [-0.39, 0.29) is 0 Å². The second kappa shape index (κ2) is 4.31. The normalized spacial score (nSPS) is 10.3. The average molecular weight is 224 g/mol. The maximum atomic E-state index is 5.92. The quantitative estimate of drug-likeness (QED) is 0.869. The van der Waals surface area contributed by atoms with Crippen LogP contribution in [0, 0.1) is 6.92 Å². The van der Waals surface area contributed by atoms with E-state index in [9.17, 15) is 0 Å². The zero-order valence-electron chi connectivity index (χ0n) is 8.20. The largest absolute Gasteiger partial charge is 0.376 e. The number of halogens is 1. The van der Waals surface area contributed by atoms with Gasteiger partial charge in [0.25, 0.3) is 0 Å². The van der Waals surface area contributed by atoms with Crippen molar-refractivity contribution in [3.05, 3.63) is 41.0 Å². The third-order valence-corrected chi connectivity index (χ3v) is 2.20. The molecule has 5 heteroatoms. The number of aromatic nitrogens is 2. The maximum absolute atomic E-state index is 5.92. The first-order valence-electron chi connectivity index (χ1n) is 4.51. The summed E-state index contributed by atoms with van der Waals surface area (Å²) in [5, 5.41) is 7.52. The first-order valence-corrected chi connectivity index (χ1v) is 4.89. The van der Waals surface area contributed by atoms with Crippen LogP contribution in [0.2, 0.25) is 5.02 Å². The van der Waals surface area contributed by atoms with Gasteiger partial charge in [0.2, 0.25) is 0 Å². The van der Waals surface area contributed by atoms with Crippen molar-refractivity contribution in [2.45, 2.75) is 13.5 Å². The molecule has 2 rings (SSSR count). The van der Waals surface area contributed by atoms with Crippen molar-refractivity contribution in [2.75, 3.05) is 5.32 Å². The number of rotatable bonds is 3. The molecule has 0 saturated carbocycles. The van der Waals surface area contributed by atoms with Crippen LogP contribution in [0.1, 0.15) is 11.5 Å². The molecule has 0 saturated heterocycles. The van der Waals surface area contributed by atoms with E-state index < -0.39 is 0 Å². The molecule has 4 nitrogen and oxygen atoms in total. The molecule has 0 spiro atoms. The number of anilines is 1. The molecule has 0 bridgehead atoms. The van der Waals surface area contributed by atoms with Crippen molar-refractivity contribution < 1.29 is 4.52 Å². The molecule has 0 atom stereocenters. The summed E-state index contributed by atoms with van der Waals surface area (Å²) in [6, 6.07) is 3.69. The summed E-state index contributed by atoms with van der Waals surface area (Å²) in [5.41, 5.74) is 1.70. The SMILES string of the molecule is Cc1cc(CNc2ccncc2Cl)on1. The van der Waals surface area contributed by atoms with E-state index >= 15 is 0 Å². The molecule has 2 heterocycles. The van der Waals surface area contributed by atoms with E-state index in [4.69, 9.17) is 16.1 Å². The van der Waals surface area contributed by atoms with Gasteiger partial charge in [-0.05, 0) is 13.0 Å². The average Bonchev–Trinajstić information content (AvgIpc) is 2.63. The summed E-state index contributed by atoms with van der Waals surface area (Å²) in [7, 11) is 0. The van der Waals surface area contributed by atoms with E-state index in [1.165, 1.54) is 0 Å². The zero-order chi connectivity index (χ0) is 10.7. The number of pyridine rings is 1. The van der Waals surface area contributed by atoms with Gasteiger partial charge in [0.1, 0.15) is 0 Å². The van der Waals surface area contributed by atoms with Gasteiger partial charge < -0.3 is 9.84 Å². The standard InChI is InChI=1S/C10H10ClN3O/c1-7-4-8(15-14-7)5-13-10-2-3-12-6-9(10)11/h2-4,6H,5H2,1H3,(H,12,13). The minimum absolute atomic E-state index is 0.560. The van der Waals surface area contributed by atoms with Crippen LogP contribution >= 0.6 is 11.6 Å². The molecule has 2 aromatic rings. The summed E-state index contributed by atoms with van der Waals surface area (Å²) in [5.74, 6) is 0.778. The van der Waals surface area contributed by atoms with Crippen LogP contribution in [0.3, 0.4) is 0 Å². The number of nitrogens with one attached hydrogen (secondary N) is 1. The summed E-state index contributed by atoms with van der Waals surface area (Å²) in [4.78, 5) is 3.90. The first-order chi connectivity index (χ1) is 7.25. The van der Waals surface area contributed by atoms with Gasteiger partial charge in [0.15, 0.2) is 5.76 Å². The van der Waals surface area contributed by atoms with Gasteiger partial charge in [-0.15, -0.1) is 0 Å². The number of nitrogens with zero attached hydrogens (tertiary/aromatic N) is 2. The minimum atomic E-state index is 0.560. The van der Waals surface area contributed by atoms with Crippen LogP contribution in [0.25, 0.3) is 0 Å². The Morgan fingerprint density at radius 2 is 2.40 bits per heavy atom. The lowest BCUT2D eigenvalue weighted by atomic mass is 10.3. The molecule has 0 fully saturated rings. The van der Waals surface area contributed by atoms with Crippen molar-refractivity contribution in [3.63, 3.8) is 0 Å². The van der Waals surface area contributed by atoms with Gasteiger partial charge in [0, 0.05) is 18.5 Å². The molecule has 0 radical (unpaired) electrons. The van der Waals surface area contributed by atoms with E-state index in [1.54, 1.807) is 12.4 Å². The molecule has 0 aromatic carbocycles.